The Bertz CT molecular complexity index is 358. The van der Waals surface area contributed by atoms with Crippen molar-refractivity contribution >= 4 is 17.3 Å². The number of carbonyl (C=O) groups excluding carboxylic acids is 1. The molecule has 88 valence electrons. The van der Waals surface area contributed by atoms with Crippen LogP contribution in [0.4, 0.5) is 11.4 Å². The Morgan fingerprint density at radius 2 is 1.94 bits per heavy atom. The van der Waals surface area contributed by atoms with E-state index in [-0.39, 0.29) is 12.5 Å². The smallest absolute Gasteiger partial charge is 0.230 e. The molecule has 0 spiro atoms. The number of nitrogens with two attached hydrogens (primary N) is 1. The van der Waals surface area contributed by atoms with Crippen LogP contribution in [-0.2, 0) is 4.79 Å². The molecule has 0 radical (unpaired) electrons. The Hall–Kier alpha value is -1.55. The van der Waals surface area contributed by atoms with Crippen LogP contribution >= 0.6 is 0 Å². The van der Waals surface area contributed by atoms with Gasteiger partial charge < -0.3 is 16.2 Å². The van der Waals surface area contributed by atoms with Gasteiger partial charge in [-0.1, -0.05) is 13.8 Å². The van der Waals surface area contributed by atoms with Gasteiger partial charge in [-0.15, -0.1) is 0 Å². The van der Waals surface area contributed by atoms with Gasteiger partial charge in [0.25, 0.3) is 0 Å². The lowest BCUT2D eigenvalue weighted by Crippen LogP contribution is -2.31. The van der Waals surface area contributed by atoms with E-state index in [0.29, 0.717) is 17.8 Å². The van der Waals surface area contributed by atoms with Crippen LogP contribution in [0.1, 0.15) is 20.3 Å². The van der Waals surface area contributed by atoms with Gasteiger partial charge in [0.05, 0.1) is 0 Å². The van der Waals surface area contributed by atoms with Gasteiger partial charge in [-0.3, -0.25) is 4.79 Å². The number of anilines is 2. The highest BCUT2D eigenvalue weighted by molar-refractivity contribution is 5.94. The molecule has 0 fully saturated rings. The van der Waals surface area contributed by atoms with Crippen molar-refractivity contribution in [2.75, 3.05) is 17.7 Å². The number of hydrogen-bond donors (Lipinski definition) is 3. The Morgan fingerprint density at radius 1 is 1.38 bits per heavy atom. The first-order chi connectivity index (χ1) is 7.45. The van der Waals surface area contributed by atoms with Gasteiger partial charge in [0.15, 0.2) is 0 Å². The third-order valence-electron chi connectivity index (χ3n) is 2.52. The molecule has 0 aliphatic rings. The zero-order valence-electron chi connectivity index (χ0n) is 9.66. The molecule has 0 atom stereocenters. The van der Waals surface area contributed by atoms with Crippen LogP contribution in [0.5, 0.6) is 0 Å². The van der Waals surface area contributed by atoms with E-state index >= 15 is 0 Å². The molecule has 0 saturated carbocycles. The van der Waals surface area contributed by atoms with Crippen molar-refractivity contribution in [3.63, 3.8) is 0 Å². The van der Waals surface area contributed by atoms with E-state index < -0.39 is 5.41 Å². The summed E-state index contributed by atoms with van der Waals surface area (Å²) in [5, 5.41) is 11.6. The van der Waals surface area contributed by atoms with E-state index in [1.54, 1.807) is 38.1 Å². The summed E-state index contributed by atoms with van der Waals surface area (Å²) in [5.74, 6) is -0.105. The molecule has 0 unspecified atom stereocenters. The number of carbonyl (C=O) groups is 1. The summed E-state index contributed by atoms with van der Waals surface area (Å²) in [6, 6.07) is 6.97. The summed E-state index contributed by atoms with van der Waals surface area (Å²) >= 11 is 0. The van der Waals surface area contributed by atoms with Gasteiger partial charge in [-0.05, 0) is 30.7 Å². The first-order valence-corrected chi connectivity index (χ1v) is 5.23. The summed E-state index contributed by atoms with van der Waals surface area (Å²) in [4.78, 5) is 11.9. The van der Waals surface area contributed by atoms with Gasteiger partial charge in [-0.25, -0.2) is 0 Å². The number of rotatable bonds is 4. The number of amides is 1. The molecule has 4 N–H and O–H groups in total. The molecule has 4 nitrogen and oxygen atoms in total. The second kappa shape index (κ2) is 4.99. The molecular weight excluding hydrogens is 204 g/mol. The van der Waals surface area contributed by atoms with Crippen LogP contribution in [-0.4, -0.2) is 17.6 Å². The van der Waals surface area contributed by atoms with Crippen molar-refractivity contribution in [3.8, 4) is 0 Å². The van der Waals surface area contributed by atoms with Crippen LogP contribution in [0.3, 0.4) is 0 Å². The first-order valence-electron chi connectivity index (χ1n) is 5.23. The van der Waals surface area contributed by atoms with Crippen molar-refractivity contribution in [2.24, 2.45) is 5.41 Å². The van der Waals surface area contributed by atoms with Gasteiger partial charge >= 0.3 is 0 Å². The molecule has 1 aromatic carbocycles. The fourth-order valence-corrected chi connectivity index (χ4v) is 1.26. The van der Waals surface area contributed by atoms with Crippen LogP contribution in [0.15, 0.2) is 24.3 Å². The normalized spacial score (nSPS) is 11.2. The number of benzene rings is 1. The summed E-state index contributed by atoms with van der Waals surface area (Å²) in [6.45, 7) is 3.61. The minimum atomic E-state index is -0.573. The Labute approximate surface area is 95.5 Å². The van der Waals surface area contributed by atoms with Crippen LogP contribution in [0.25, 0.3) is 0 Å². The Morgan fingerprint density at radius 3 is 2.44 bits per heavy atom. The highest BCUT2D eigenvalue weighted by Gasteiger charge is 2.26. The molecule has 1 amide bonds. The maximum Gasteiger partial charge on any atom is 0.230 e. The van der Waals surface area contributed by atoms with Crippen molar-refractivity contribution < 1.29 is 9.90 Å². The lowest BCUT2D eigenvalue weighted by Gasteiger charge is -2.22. The van der Waals surface area contributed by atoms with E-state index in [1.165, 1.54) is 0 Å². The second-order valence-corrected chi connectivity index (χ2v) is 4.43. The standard InChI is InChI=1S/C12H18N2O2/c1-12(2,7-8-15)11(16)14-10-5-3-9(13)4-6-10/h3-6,15H,7-8,13H2,1-2H3,(H,14,16). The van der Waals surface area contributed by atoms with Crippen molar-refractivity contribution in [1.82, 2.24) is 0 Å². The number of aliphatic hydroxyl groups is 1. The van der Waals surface area contributed by atoms with Gasteiger partial charge in [0, 0.05) is 23.4 Å². The van der Waals surface area contributed by atoms with Gasteiger partial charge in [-0.2, -0.15) is 0 Å². The average Bonchev–Trinajstić information content (AvgIpc) is 2.21. The van der Waals surface area contributed by atoms with Gasteiger partial charge in [0.1, 0.15) is 0 Å². The van der Waals surface area contributed by atoms with E-state index in [0.717, 1.165) is 0 Å². The first kappa shape index (κ1) is 12.5. The lowest BCUT2D eigenvalue weighted by atomic mass is 9.88. The maximum absolute atomic E-state index is 11.9. The fraction of sp³-hybridized carbons (Fsp3) is 0.417. The van der Waals surface area contributed by atoms with E-state index in [1.807, 2.05) is 0 Å². The number of hydrogen-bond acceptors (Lipinski definition) is 3. The van der Waals surface area contributed by atoms with Crippen molar-refractivity contribution in [3.05, 3.63) is 24.3 Å². The molecule has 1 rings (SSSR count). The van der Waals surface area contributed by atoms with Crippen molar-refractivity contribution in [2.45, 2.75) is 20.3 Å². The van der Waals surface area contributed by atoms with Crippen LogP contribution in [0, 0.1) is 5.41 Å². The Kier molecular flexibility index (Phi) is 3.90. The topological polar surface area (TPSA) is 75.3 Å². The van der Waals surface area contributed by atoms with E-state index in [4.69, 9.17) is 10.8 Å². The number of aliphatic hydroxyl groups excluding tert-OH is 1. The fourth-order valence-electron chi connectivity index (χ4n) is 1.26. The highest BCUT2D eigenvalue weighted by Crippen LogP contribution is 2.22. The zero-order valence-corrected chi connectivity index (χ0v) is 9.66. The molecule has 4 heteroatoms. The molecule has 0 bridgehead atoms. The summed E-state index contributed by atoms with van der Waals surface area (Å²) in [7, 11) is 0. The molecule has 0 aliphatic carbocycles. The maximum atomic E-state index is 11.9. The van der Waals surface area contributed by atoms with E-state index in [2.05, 4.69) is 5.32 Å². The summed E-state index contributed by atoms with van der Waals surface area (Å²) in [5.41, 5.74) is 6.34. The third kappa shape index (κ3) is 3.24. The predicted molar refractivity (Wildman–Crippen MR) is 65.0 cm³/mol. The monoisotopic (exact) mass is 222 g/mol. The summed E-state index contributed by atoms with van der Waals surface area (Å²) in [6.07, 6.45) is 0.438. The minimum absolute atomic E-state index is 0.00214. The molecule has 16 heavy (non-hydrogen) atoms. The highest BCUT2D eigenvalue weighted by atomic mass is 16.3. The predicted octanol–water partition coefficient (Wildman–Crippen LogP) is 1.62. The summed E-state index contributed by atoms with van der Waals surface area (Å²) < 4.78 is 0. The van der Waals surface area contributed by atoms with Crippen molar-refractivity contribution in [1.29, 1.82) is 0 Å². The zero-order chi connectivity index (χ0) is 12.2. The molecular formula is C12H18N2O2. The third-order valence-corrected chi connectivity index (χ3v) is 2.52. The molecule has 0 saturated heterocycles. The molecule has 1 aromatic rings. The molecule has 0 heterocycles. The van der Waals surface area contributed by atoms with Gasteiger partial charge in [0.2, 0.25) is 5.91 Å². The molecule has 0 aromatic heterocycles. The lowest BCUT2D eigenvalue weighted by molar-refractivity contribution is -0.124. The second-order valence-electron chi connectivity index (χ2n) is 4.43. The van der Waals surface area contributed by atoms with E-state index in [9.17, 15) is 4.79 Å². The van der Waals surface area contributed by atoms with Crippen LogP contribution < -0.4 is 11.1 Å². The van der Waals surface area contributed by atoms with Crippen LogP contribution in [0.2, 0.25) is 0 Å². The number of nitrogen functional groups attached to an aromatic ring is 1. The minimum Gasteiger partial charge on any atom is -0.399 e. The SMILES string of the molecule is CC(C)(CCO)C(=O)Nc1ccc(N)cc1. The average molecular weight is 222 g/mol. The largest absolute Gasteiger partial charge is 0.399 e. The quantitative estimate of drug-likeness (QED) is 0.677. The number of nitrogens with one attached hydrogen (secondary N) is 1. The molecule has 0 aliphatic heterocycles. The Balaban J connectivity index is 2.67.